The van der Waals surface area contributed by atoms with Crippen molar-refractivity contribution in [2.75, 3.05) is 0 Å². The van der Waals surface area contributed by atoms with Crippen molar-refractivity contribution < 1.29 is 14.6 Å². The first-order valence-electron chi connectivity index (χ1n) is 3.28. The predicted octanol–water partition coefficient (Wildman–Crippen LogP) is 1.20. The van der Waals surface area contributed by atoms with Crippen molar-refractivity contribution in [2.24, 2.45) is 0 Å². The molecule has 1 heterocycles. The number of hydrogen-bond acceptors (Lipinski definition) is 3. The minimum absolute atomic E-state index is 0.0550. The van der Waals surface area contributed by atoms with Gasteiger partial charge < -0.3 is 9.84 Å². The molecule has 2 N–H and O–H groups in total. The number of ether oxygens (including phenoxy) is 1. The van der Waals surface area contributed by atoms with Gasteiger partial charge in [0, 0.05) is 18.2 Å². The highest BCUT2D eigenvalue weighted by atomic mass is 16.7. The van der Waals surface area contributed by atoms with Gasteiger partial charge in [-0.3, -0.25) is 5.10 Å². The molecule has 5 nitrogen and oxygen atoms in total. The number of nitrogens with one attached hydrogen (secondary N) is 1. The Morgan fingerprint density at radius 2 is 2.67 bits per heavy atom. The van der Waals surface area contributed by atoms with Crippen molar-refractivity contribution >= 4 is 6.16 Å². The van der Waals surface area contributed by atoms with Gasteiger partial charge in [-0.15, -0.1) is 11.7 Å². The molecule has 0 aliphatic carbocycles. The van der Waals surface area contributed by atoms with E-state index in [1.54, 1.807) is 6.08 Å². The fourth-order valence-electron chi connectivity index (χ4n) is 0.742. The first-order valence-corrected chi connectivity index (χ1v) is 3.28. The van der Waals surface area contributed by atoms with Crippen LogP contribution >= 0.6 is 0 Å². The van der Waals surface area contributed by atoms with Gasteiger partial charge in [0.25, 0.3) is 0 Å². The maximum atomic E-state index is 10.0. The number of aromatic nitrogens is 2. The fraction of sp³-hybridized carbons (Fsp3) is 0.143. The van der Waals surface area contributed by atoms with Crippen LogP contribution in [0.25, 0.3) is 0 Å². The lowest BCUT2D eigenvalue weighted by Crippen LogP contribution is -2.02. The summed E-state index contributed by atoms with van der Waals surface area (Å²) in [5.41, 5.74) is 0.765. The van der Waals surface area contributed by atoms with Crippen molar-refractivity contribution in [3.05, 3.63) is 24.4 Å². The molecule has 0 fully saturated rings. The van der Waals surface area contributed by atoms with Crippen molar-refractivity contribution in [3.63, 3.8) is 0 Å². The van der Waals surface area contributed by atoms with E-state index >= 15 is 0 Å². The van der Waals surface area contributed by atoms with Crippen molar-refractivity contribution in [1.29, 1.82) is 0 Å². The summed E-state index contributed by atoms with van der Waals surface area (Å²) in [5, 5.41) is 14.4. The van der Waals surface area contributed by atoms with Crippen molar-refractivity contribution in [2.45, 2.75) is 6.42 Å². The quantitative estimate of drug-likeness (QED) is 0.525. The highest BCUT2D eigenvalue weighted by molar-refractivity contribution is 5.60. The predicted molar refractivity (Wildman–Crippen MR) is 41.1 cm³/mol. The smallest absolute Gasteiger partial charge is 0.449 e. The molecule has 64 valence electrons. The zero-order chi connectivity index (χ0) is 8.97. The van der Waals surface area contributed by atoms with Crippen LogP contribution in [0, 0.1) is 0 Å². The summed E-state index contributed by atoms with van der Waals surface area (Å²) >= 11 is 0. The number of carbonyl (C=O) groups is 1. The van der Waals surface area contributed by atoms with Gasteiger partial charge in [-0.25, -0.2) is 4.79 Å². The lowest BCUT2D eigenvalue weighted by atomic mass is 10.3. The van der Waals surface area contributed by atoms with Crippen LogP contribution in [0.4, 0.5) is 4.79 Å². The van der Waals surface area contributed by atoms with Crippen LogP contribution < -0.4 is 4.74 Å². The molecule has 5 heteroatoms. The molecule has 0 saturated carbocycles. The molecule has 0 amide bonds. The first kappa shape index (κ1) is 8.32. The van der Waals surface area contributed by atoms with Crippen LogP contribution in [-0.2, 0) is 6.42 Å². The second-order valence-corrected chi connectivity index (χ2v) is 2.09. The van der Waals surface area contributed by atoms with Crippen molar-refractivity contribution in [3.8, 4) is 5.88 Å². The van der Waals surface area contributed by atoms with Gasteiger partial charge in [0.05, 0.1) is 0 Å². The molecule has 12 heavy (non-hydrogen) atoms. The molecule has 0 atom stereocenters. The lowest BCUT2D eigenvalue weighted by molar-refractivity contribution is 0.142. The third-order valence-corrected chi connectivity index (χ3v) is 1.16. The molecular formula is C7H8N2O3. The normalized spacial score (nSPS) is 9.33. The lowest BCUT2D eigenvalue weighted by Gasteiger charge is -1.89. The second kappa shape index (κ2) is 3.56. The Labute approximate surface area is 68.7 Å². The molecule has 1 aromatic heterocycles. The standard InChI is InChI=1S/C7H8N2O3/c1-2-3-5-4-6(9-8-5)12-7(10)11/h2,4H,1,3H2,(H,8,9)(H,10,11). The maximum absolute atomic E-state index is 10.0. The third-order valence-electron chi connectivity index (χ3n) is 1.16. The maximum Gasteiger partial charge on any atom is 0.512 e. The second-order valence-electron chi connectivity index (χ2n) is 2.09. The fourth-order valence-corrected chi connectivity index (χ4v) is 0.742. The van der Waals surface area contributed by atoms with Crippen LogP contribution in [0.5, 0.6) is 5.88 Å². The van der Waals surface area contributed by atoms with Gasteiger partial charge in [0.2, 0.25) is 5.88 Å². The average molecular weight is 168 g/mol. The van der Waals surface area contributed by atoms with Crippen LogP contribution in [-0.4, -0.2) is 21.5 Å². The summed E-state index contributed by atoms with van der Waals surface area (Å²) in [4.78, 5) is 10.0. The average Bonchev–Trinajstić information content (AvgIpc) is 2.36. The number of hydrogen-bond donors (Lipinski definition) is 2. The number of aromatic amines is 1. The van der Waals surface area contributed by atoms with E-state index in [9.17, 15) is 4.79 Å². The first-order chi connectivity index (χ1) is 5.72. The molecule has 0 aliphatic heterocycles. The van der Waals surface area contributed by atoms with Crippen molar-refractivity contribution in [1.82, 2.24) is 10.2 Å². The van der Waals surface area contributed by atoms with E-state index < -0.39 is 6.16 Å². The van der Waals surface area contributed by atoms with Gasteiger partial charge in [0.15, 0.2) is 0 Å². The number of allylic oxidation sites excluding steroid dienone is 1. The monoisotopic (exact) mass is 168 g/mol. The van der Waals surface area contributed by atoms with Gasteiger partial charge in [-0.1, -0.05) is 6.08 Å². The molecule has 0 spiro atoms. The van der Waals surface area contributed by atoms with E-state index in [0.717, 1.165) is 5.69 Å². The SMILES string of the molecule is C=CCc1cc(OC(=O)O)n[nH]1. The molecule has 1 aromatic rings. The summed E-state index contributed by atoms with van der Waals surface area (Å²) in [6, 6.07) is 1.51. The number of nitrogens with zero attached hydrogens (tertiary/aromatic N) is 1. The third kappa shape index (κ3) is 2.12. The summed E-state index contributed by atoms with van der Waals surface area (Å²) < 4.78 is 4.28. The molecule has 0 radical (unpaired) electrons. The number of carboxylic acid groups (broad SMARTS) is 1. The highest BCUT2D eigenvalue weighted by Gasteiger charge is 2.04. The Kier molecular flexibility index (Phi) is 2.47. The number of rotatable bonds is 3. The largest absolute Gasteiger partial charge is 0.512 e. The van der Waals surface area contributed by atoms with Crippen LogP contribution in [0.1, 0.15) is 5.69 Å². The van der Waals surface area contributed by atoms with Crippen LogP contribution in [0.15, 0.2) is 18.7 Å². The molecule has 0 unspecified atom stereocenters. The topological polar surface area (TPSA) is 75.2 Å². The minimum atomic E-state index is -1.37. The van der Waals surface area contributed by atoms with Crippen LogP contribution in [0.2, 0.25) is 0 Å². The summed E-state index contributed by atoms with van der Waals surface area (Å²) in [6.45, 7) is 3.52. The Hall–Kier alpha value is -1.78. The summed E-state index contributed by atoms with van der Waals surface area (Å²) in [7, 11) is 0. The number of H-pyrrole nitrogens is 1. The molecular weight excluding hydrogens is 160 g/mol. The van der Waals surface area contributed by atoms with Gasteiger partial charge in [0.1, 0.15) is 0 Å². The highest BCUT2D eigenvalue weighted by Crippen LogP contribution is 2.08. The van der Waals surface area contributed by atoms with E-state index in [2.05, 4.69) is 21.5 Å². The zero-order valence-electron chi connectivity index (χ0n) is 6.28. The Morgan fingerprint density at radius 1 is 1.92 bits per heavy atom. The van der Waals surface area contributed by atoms with E-state index in [-0.39, 0.29) is 5.88 Å². The minimum Gasteiger partial charge on any atom is -0.449 e. The van der Waals surface area contributed by atoms with E-state index in [0.29, 0.717) is 6.42 Å². The van der Waals surface area contributed by atoms with E-state index in [1.165, 1.54) is 6.07 Å². The molecule has 1 rings (SSSR count). The van der Waals surface area contributed by atoms with E-state index in [4.69, 9.17) is 5.11 Å². The van der Waals surface area contributed by atoms with Gasteiger partial charge in [-0.2, -0.15) is 0 Å². The molecule has 0 bridgehead atoms. The van der Waals surface area contributed by atoms with Gasteiger partial charge >= 0.3 is 6.16 Å². The summed E-state index contributed by atoms with van der Waals surface area (Å²) in [5.74, 6) is 0.0550. The van der Waals surface area contributed by atoms with Crippen LogP contribution in [0.3, 0.4) is 0 Å². The van der Waals surface area contributed by atoms with E-state index in [1.807, 2.05) is 0 Å². The Balaban J connectivity index is 2.63. The Bertz CT molecular complexity index is 293. The molecule has 0 aliphatic rings. The molecule has 0 aromatic carbocycles. The summed E-state index contributed by atoms with van der Waals surface area (Å²) in [6.07, 6.45) is 0.917. The Morgan fingerprint density at radius 3 is 3.25 bits per heavy atom. The zero-order valence-corrected chi connectivity index (χ0v) is 6.28. The molecule has 0 saturated heterocycles. The van der Waals surface area contributed by atoms with Gasteiger partial charge in [-0.05, 0) is 0 Å².